The van der Waals surface area contributed by atoms with Gasteiger partial charge in [-0.2, -0.15) is 0 Å². The third kappa shape index (κ3) is 49.0. The van der Waals surface area contributed by atoms with E-state index in [1.54, 1.807) is 0 Å². The maximum atomic E-state index is 12.7. The molecule has 0 spiro atoms. The quantitative estimate of drug-likeness (QED) is 0.0262. The van der Waals surface area contributed by atoms with Crippen molar-refractivity contribution in [1.82, 2.24) is 0 Å². The first-order valence-corrected chi connectivity index (χ1v) is 27.2. The lowest BCUT2D eigenvalue weighted by Crippen LogP contribution is -2.30. The summed E-state index contributed by atoms with van der Waals surface area (Å²) in [6.45, 7) is 6.63. The van der Waals surface area contributed by atoms with Crippen molar-refractivity contribution in [2.24, 2.45) is 0 Å². The molecule has 0 aromatic heterocycles. The number of esters is 3. The zero-order chi connectivity index (χ0) is 44.4. The predicted octanol–water partition coefficient (Wildman–Crippen LogP) is 17.8. The lowest BCUT2D eigenvalue weighted by Gasteiger charge is -2.18. The molecule has 0 heterocycles. The molecule has 0 rings (SSSR count). The van der Waals surface area contributed by atoms with E-state index in [4.69, 9.17) is 14.2 Å². The van der Waals surface area contributed by atoms with Gasteiger partial charge in [0.15, 0.2) is 6.10 Å². The Labute approximate surface area is 380 Å². The van der Waals surface area contributed by atoms with Gasteiger partial charge in [0.25, 0.3) is 0 Å². The second-order valence-corrected chi connectivity index (χ2v) is 18.5. The van der Waals surface area contributed by atoms with E-state index in [2.05, 4.69) is 32.9 Å². The van der Waals surface area contributed by atoms with Crippen LogP contribution in [0.5, 0.6) is 0 Å². The number of rotatable bonds is 50. The molecule has 0 aliphatic rings. The molecular weight excluding hydrogens is 757 g/mol. The van der Waals surface area contributed by atoms with Gasteiger partial charge in [-0.25, -0.2) is 0 Å². The molecule has 0 fully saturated rings. The summed E-state index contributed by atoms with van der Waals surface area (Å²) in [5.74, 6) is -0.863. The Morgan fingerprint density at radius 3 is 0.852 bits per heavy atom. The fourth-order valence-corrected chi connectivity index (χ4v) is 8.14. The highest BCUT2D eigenvalue weighted by Crippen LogP contribution is 2.17. The van der Waals surface area contributed by atoms with Crippen molar-refractivity contribution in [3.63, 3.8) is 0 Å². The van der Waals surface area contributed by atoms with Crippen LogP contribution in [-0.2, 0) is 28.6 Å². The highest BCUT2D eigenvalue weighted by atomic mass is 16.6. The second kappa shape index (κ2) is 50.8. The van der Waals surface area contributed by atoms with Crippen LogP contribution >= 0.6 is 0 Å². The Bertz CT molecular complexity index is 947. The Balaban J connectivity index is 4.16. The summed E-state index contributed by atoms with van der Waals surface area (Å²) in [5.41, 5.74) is 0. The topological polar surface area (TPSA) is 78.9 Å². The molecule has 0 amide bonds. The first kappa shape index (κ1) is 59.1. The Morgan fingerprint density at radius 2 is 0.541 bits per heavy atom. The summed E-state index contributed by atoms with van der Waals surface area (Å²) in [6.07, 6.45) is 56.4. The molecule has 360 valence electrons. The van der Waals surface area contributed by atoms with Crippen LogP contribution in [0, 0.1) is 0 Å². The molecule has 0 aliphatic carbocycles. The maximum Gasteiger partial charge on any atom is 0.306 e. The molecule has 0 radical (unpaired) electrons. The van der Waals surface area contributed by atoms with Crippen LogP contribution in [0.2, 0.25) is 0 Å². The number of allylic oxidation sites excluding steroid dienone is 2. The minimum absolute atomic E-state index is 0.0683. The first-order chi connectivity index (χ1) is 30.0. The van der Waals surface area contributed by atoms with E-state index in [-0.39, 0.29) is 31.1 Å². The summed E-state index contributed by atoms with van der Waals surface area (Å²) >= 11 is 0. The third-order valence-corrected chi connectivity index (χ3v) is 12.3. The monoisotopic (exact) mass is 861 g/mol. The molecule has 61 heavy (non-hydrogen) atoms. The van der Waals surface area contributed by atoms with Crippen molar-refractivity contribution in [2.75, 3.05) is 13.2 Å². The van der Waals surface area contributed by atoms with Gasteiger partial charge in [0.2, 0.25) is 0 Å². The third-order valence-electron chi connectivity index (χ3n) is 12.3. The normalized spacial score (nSPS) is 12.0. The van der Waals surface area contributed by atoms with E-state index in [0.717, 1.165) is 64.2 Å². The van der Waals surface area contributed by atoms with Gasteiger partial charge in [0.1, 0.15) is 13.2 Å². The van der Waals surface area contributed by atoms with Crippen LogP contribution in [0.1, 0.15) is 303 Å². The number of ether oxygens (including phenoxy) is 3. The fourth-order valence-electron chi connectivity index (χ4n) is 8.14. The number of carbonyl (C=O) groups excluding carboxylic acids is 3. The van der Waals surface area contributed by atoms with Crippen LogP contribution in [0.4, 0.5) is 0 Å². The van der Waals surface area contributed by atoms with Crippen LogP contribution in [0.15, 0.2) is 12.2 Å². The van der Waals surface area contributed by atoms with Gasteiger partial charge in [-0.3, -0.25) is 14.4 Å². The van der Waals surface area contributed by atoms with Crippen molar-refractivity contribution in [3.8, 4) is 0 Å². The Kier molecular flexibility index (Phi) is 49.3. The summed E-state index contributed by atoms with van der Waals surface area (Å²) in [4.78, 5) is 37.9. The SMILES string of the molecule is CCCCC/C=C\CCCCCCCC(=O)OC(COC(=O)CCCCCCCCCCC)COC(=O)CCCCCCCCCCCCCCCCCCCCCCCC. The standard InChI is InChI=1S/C55H104O6/c1-4-7-10-13-16-19-21-23-24-25-26-27-28-29-30-31-32-34-36-39-42-45-48-54(57)60-51-52(50-59-53(56)47-44-41-38-35-18-15-12-9-6-3)61-55(58)49-46-43-40-37-33-22-20-17-14-11-8-5-2/h17,20,52H,4-16,18-19,21-51H2,1-3H3/b20-17-. The summed E-state index contributed by atoms with van der Waals surface area (Å²) in [6, 6.07) is 0. The van der Waals surface area contributed by atoms with Gasteiger partial charge in [-0.1, -0.05) is 251 Å². The zero-order valence-electron chi connectivity index (χ0n) is 41.2. The van der Waals surface area contributed by atoms with Crippen molar-refractivity contribution >= 4 is 17.9 Å². The predicted molar refractivity (Wildman–Crippen MR) is 261 cm³/mol. The molecule has 6 nitrogen and oxygen atoms in total. The van der Waals surface area contributed by atoms with Crippen LogP contribution in [0.3, 0.4) is 0 Å². The molecule has 0 bridgehead atoms. The van der Waals surface area contributed by atoms with E-state index in [9.17, 15) is 14.4 Å². The average molecular weight is 861 g/mol. The molecular formula is C55H104O6. The van der Waals surface area contributed by atoms with E-state index < -0.39 is 6.10 Å². The molecule has 0 N–H and O–H groups in total. The zero-order valence-corrected chi connectivity index (χ0v) is 41.2. The fraction of sp³-hybridized carbons (Fsp3) is 0.909. The molecule has 0 aromatic carbocycles. The van der Waals surface area contributed by atoms with E-state index in [1.807, 2.05) is 0 Å². The highest BCUT2D eigenvalue weighted by Gasteiger charge is 2.19. The highest BCUT2D eigenvalue weighted by molar-refractivity contribution is 5.71. The van der Waals surface area contributed by atoms with Crippen molar-refractivity contribution < 1.29 is 28.6 Å². The Hall–Kier alpha value is -1.85. The lowest BCUT2D eigenvalue weighted by molar-refractivity contribution is -0.167. The number of hydrogen-bond donors (Lipinski definition) is 0. The first-order valence-electron chi connectivity index (χ1n) is 27.2. The largest absolute Gasteiger partial charge is 0.462 e. The Morgan fingerprint density at radius 1 is 0.311 bits per heavy atom. The van der Waals surface area contributed by atoms with E-state index in [1.165, 1.54) is 199 Å². The van der Waals surface area contributed by atoms with Crippen molar-refractivity contribution in [2.45, 2.75) is 309 Å². The number of unbranched alkanes of at least 4 members (excludes halogenated alkanes) is 37. The van der Waals surface area contributed by atoms with Crippen molar-refractivity contribution in [1.29, 1.82) is 0 Å². The minimum Gasteiger partial charge on any atom is -0.462 e. The summed E-state index contributed by atoms with van der Waals surface area (Å²) < 4.78 is 16.8. The summed E-state index contributed by atoms with van der Waals surface area (Å²) in [7, 11) is 0. The molecule has 0 aromatic rings. The van der Waals surface area contributed by atoms with Gasteiger partial charge in [-0.15, -0.1) is 0 Å². The van der Waals surface area contributed by atoms with Crippen LogP contribution < -0.4 is 0 Å². The lowest BCUT2D eigenvalue weighted by atomic mass is 10.0. The van der Waals surface area contributed by atoms with E-state index in [0.29, 0.717) is 19.3 Å². The molecule has 0 aliphatic heterocycles. The number of hydrogen-bond acceptors (Lipinski definition) is 6. The van der Waals surface area contributed by atoms with E-state index >= 15 is 0 Å². The molecule has 0 saturated heterocycles. The maximum absolute atomic E-state index is 12.7. The van der Waals surface area contributed by atoms with Crippen LogP contribution in [-0.4, -0.2) is 37.2 Å². The van der Waals surface area contributed by atoms with Gasteiger partial charge < -0.3 is 14.2 Å². The summed E-state index contributed by atoms with van der Waals surface area (Å²) in [5, 5.41) is 0. The minimum atomic E-state index is -0.767. The van der Waals surface area contributed by atoms with Gasteiger partial charge in [0, 0.05) is 19.3 Å². The van der Waals surface area contributed by atoms with Crippen molar-refractivity contribution in [3.05, 3.63) is 12.2 Å². The molecule has 1 atom stereocenters. The number of carbonyl (C=O) groups is 3. The average Bonchev–Trinajstić information content (AvgIpc) is 3.26. The molecule has 0 saturated carbocycles. The van der Waals surface area contributed by atoms with Gasteiger partial charge in [0.05, 0.1) is 0 Å². The van der Waals surface area contributed by atoms with Gasteiger partial charge in [-0.05, 0) is 44.9 Å². The second-order valence-electron chi connectivity index (χ2n) is 18.5. The van der Waals surface area contributed by atoms with Gasteiger partial charge >= 0.3 is 17.9 Å². The molecule has 6 heteroatoms. The smallest absolute Gasteiger partial charge is 0.306 e. The molecule has 1 unspecified atom stereocenters. The van der Waals surface area contributed by atoms with Crippen LogP contribution in [0.25, 0.3) is 0 Å².